The summed E-state index contributed by atoms with van der Waals surface area (Å²) in [5.41, 5.74) is 5.61. The van der Waals surface area contributed by atoms with E-state index in [0.717, 1.165) is 6.54 Å². The molecule has 0 amide bonds. The molecule has 0 bridgehead atoms. The molecule has 0 radical (unpaired) electrons. The Bertz CT molecular complexity index is 155. The van der Waals surface area contributed by atoms with Crippen LogP contribution < -0.4 is 5.73 Å². The molecule has 1 heterocycles. The Kier molecular flexibility index (Phi) is 6.22. The number of nitrogens with zero attached hydrogens (tertiary/aromatic N) is 2. The molecule has 1 fully saturated rings. The largest absolute Gasteiger partial charge is 0.330 e. The first kappa shape index (κ1) is 12.9. The van der Waals surface area contributed by atoms with Crippen LogP contribution in [0.15, 0.2) is 0 Å². The van der Waals surface area contributed by atoms with Crippen LogP contribution in [0, 0.1) is 5.92 Å². The van der Waals surface area contributed by atoms with Gasteiger partial charge in [0.05, 0.1) is 0 Å². The van der Waals surface area contributed by atoms with Gasteiger partial charge in [0, 0.05) is 13.1 Å². The summed E-state index contributed by atoms with van der Waals surface area (Å²) in [6.07, 6.45) is 4.02. The van der Waals surface area contributed by atoms with Crippen molar-refractivity contribution in [2.45, 2.75) is 26.2 Å². The van der Waals surface area contributed by atoms with Crippen LogP contribution in [0.3, 0.4) is 0 Å². The monoisotopic (exact) mass is 213 g/mol. The first-order valence-electron chi connectivity index (χ1n) is 6.33. The summed E-state index contributed by atoms with van der Waals surface area (Å²) < 4.78 is 0. The van der Waals surface area contributed by atoms with Crippen LogP contribution in [0.25, 0.3) is 0 Å². The zero-order chi connectivity index (χ0) is 11.1. The second-order valence-corrected chi connectivity index (χ2v) is 4.98. The normalized spacial score (nSPS) is 20.0. The fraction of sp³-hybridized carbons (Fsp3) is 1.00. The fourth-order valence-electron chi connectivity index (χ4n) is 1.99. The second-order valence-electron chi connectivity index (χ2n) is 4.98. The van der Waals surface area contributed by atoms with Crippen LogP contribution in [0.5, 0.6) is 0 Å². The minimum Gasteiger partial charge on any atom is -0.330 e. The standard InChI is InChI=1S/C12H27N3/c1-12(11-13)5-8-14(2)9-10-15-6-3-4-7-15/h12H,3-11,13H2,1-2H3. The minimum absolute atomic E-state index is 0.666. The van der Waals surface area contributed by atoms with E-state index < -0.39 is 0 Å². The molecule has 1 rings (SSSR count). The van der Waals surface area contributed by atoms with Crippen molar-refractivity contribution < 1.29 is 0 Å². The lowest BCUT2D eigenvalue weighted by Crippen LogP contribution is -2.32. The van der Waals surface area contributed by atoms with Crippen molar-refractivity contribution in [1.29, 1.82) is 0 Å². The topological polar surface area (TPSA) is 32.5 Å². The van der Waals surface area contributed by atoms with Crippen LogP contribution in [-0.4, -0.2) is 56.1 Å². The van der Waals surface area contributed by atoms with Crippen LogP contribution in [0.1, 0.15) is 26.2 Å². The Balaban J connectivity index is 1.99. The van der Waals surface area contributed by atoms with Crippen molar-refractivity contribution in [2.24, 2.45) is 11.7 Å². The highest BCUT2D eigenvalue weighted by molar-refractivity contribution is 4.67. The maximum atomic E-state index is 5.61. The third-order valence-corrected chi connectivity index (χ3v) is 3.40. The molecule has 0 spiro atoms. The van der Waals surface area contributed by atoms with Gasteiger partial charge in [0.25, 0.3) is 0 Å². The molecule has 2 N–H and O–H groups in total. The molecular formula is C12H27N3. The quantitative estimate of drug-likeness (QED) is 0.685. The van der Waals surface area contributed by atoms with Gasteiger partial charge in [-0.3, -0.25) is 0 Å². The number of hydrogen-bond donors (Lipinski definition) is 1. The number of rotatable bonds is 7. The lowest BCUT2D eigenvalue weighted by molar-refractivity contribution is 0.247. The summed E-state index contributed by atoms with van der Waals surface area (Å²) in [5, 5.41) is 0. The second kappa shape index (κ2) is 7.20. The van der Waals surface area contributed by atoms with E-state index in [-0.39, 0.29) is 0 Å². The van der Waals surface area contributed by atoms with Crippen molar-refractivity contribution in [3.8, 4) is 0 Å². The van der Waals surface area contributed by atoms with Crippen LogP contribution in [0.2, 0.25) is 0 Å². The molecule has 90 valence electrons. The van der Waals surface area contributed by atoms with Gasteiger partial charge in [0.2, 0.25) is 0 Å². The predicted molar refractivity (Wildman–Crippen MR) is 66.0 cm³/mol. The number of hydrogen-bond acceptors (Lipinski definition) is 3. The van der Waals surface area contributed by atoms with E-state index >= 15 is 0 Å². The van der Waals surface area contributed by atoms with E-state index in [1.54, 1.807) is 0 Å². The van der Waals surface area contributed by atoms with E-state index in [0.29, 0.717) is 5.92 Å². The summed E-state index contributed by atoms with van der Waals surface area (Å²) in [5.74, 6) is 0.666. The first-order valence-corrected chi connectivity index (χ1v) is 6.33. The Morgan fingerprint density at radius 2 is 1.93 bits per heavy atom. The molecule has 0 aromatic carbocycles. The third kappa shape index (κ3) is 5.50. The summed E-state index contributed by atoms with van der Waals surface area (Å²) in [6, 6.07) is 0. The van der Waals surface area contributed by atoms with Crippen molar-refractivity contribution in [3.05, 3.63) is 0 Å². The maximum Gasteiger partial charge on any atom is 0.0109 e. The highest BCUT2D eigenvalue weighted by Crippen LogP contribution is 2.07. The van der Waals surface area contributed by atoms with E-state index in [2.05, 4.69) is 23.8 Å². The van der Waals surface area contributed by atoms with Gasteiger partial charge < -0.3 is 15.5 Å². The van der Waals surface area contributed by atoms with Crippen molar-refractivity contribution in [3.63, 3.8) is 0 Å². The molecule has 0 saturated carbocycles. The Hall–Kier alpha value is -0.120. The van der Waals surface area contributed by atoms with Crippen LogP contribution in [0.4, 0.5) is 0 Å². The first-order chi connectivity index (χ1) is 7.22. The van der Waals surface area contributed by atoms with Crippen molar-refractivity contribution in [1.82, 2.24) is 9.80 Å². The van der Waals surface area contributed by atoms with Gasteiger partial charge in [0.1, 0.15) is 0 Å². The lowest BCUT2D eigenvalue weighted by atomic mass is 10.1. The van der Waals surface area contributed by atoms with Crippen LogP contribution >= 0.6 is 0 Å². The summed E-state index contributed by atoms with van der Waals surface area (Å²) >= 11 is 0. The molecule has 1 saturated heterocycles. The average Bonchev–Trinajstić information content (AvgIpc) is 2.75. The highest BCUT2D eigenvalue weighted by atomic mass is 15.2. The smallest absolute Gasteiger partial charge is 0.0109 e. The van der Waals surface area contributed by atoms with Gasteiger partial charge in [-0.15, -0.1) is 0 Å². The highest BCUT2D eigenvalue weighted by Gasteiger charge is 2.11. The SMILES string of the molecule is CC(CN)CCN(C)CCN1CCCC1. The maximum absolute atomic E-state index is 5.61. The average molecular weight is 213 g/mol. The van der Waals surface area contributed by atoms with Gasteiger partial charge >= 0.3 is 0 Å². The number of likely N-dealkylation sites (tertiary alicyclic amines) is 1. The molecule has 1 unspecified atom stereocenters. The molecule has 15 heavy (non-hydrogen) atoms. The Morgan fingerprint density at radius 1 is 1.27 bits per heavy atom. The number of likely N-dealkylation sites (N-methyl/N-ethyl adjacent to an activating group) is 1. The van der Waals surface area contributed by atoms with E-state index in [1.807, 2.05) is 0 Å². The zero-order valence-corrected chi connectivity index (χ0v) is 10.4. The third-order valence-electron chi connectivity index (χ3n) is 3.40. The molecular weight excluding hydrogens is 186 g/mol. The summed E-state index contributed by atoms with van der Waals surface area (Å²) in [4.78, 5) is 5.01. The molecule has 3 heteroatoms. The van der Waals surface area contributed by atoms with Gasteiger partial charge in [-0.25, -0.2) is 0 Å². The number of nitrogens with two attached hydrogens (primary N) is 1. The van der Waals surface area contributed by atoms with Gasteiger partial charge in [0.15, 0.2) is 0 Å². The fourth-order valence-corrected chi connectivity index (χ4v) is 1.99. The zero-order valence-electron chi connectivity index (χ0n) is 10.4. The summed E-state index contributed by atoms with van der Waals surface area (Å²) in [6.45, 7) is 9.31. The molecule has 3 nitrogen and oxygen atoms in total. The van der Waals surface area contributed by atoms with Crippen LogP contribution in [-0.2, 0) is 0 Å². The van der Waals surface area contributed by atoms with Gasteiger partial charge in [-0.05, 0) is 58.4 Å². The molecule has 0 aromatic rings. The molecule has 0 aromatic heterocycles. The van der Waals surface area contributed by atoms with Gasteiger partial charge in [-0.1, -0.05) is 6.92 Å². The van der Waals surface area contributed by atoms with Crippen molar-refractivity contribution >= 4 is 0 Å². The molecule has 0 aliphatic carbocycles. The Labute approximate surface area is 94.6 Å². The minimum atomic E-state index is 0.666. The van der Waals surface area contributed by atoms with Crippen molar-refractivity contribution in [2.75, 3.05) is 46.3 Å². The van der Waals surface area contributed by atoms with E-state index in [4.69, 9.17) is 5.73 Å². The molecule has 1 atom stereocenters. The lowest BCUT2D eigenvalue weighted by Gasteiger charge is -2.22. The predicted octanol–water partition coefficient (Wildman–Crippen LogP) is 0.999. The van der Waals surface area contributed by atoms with Gasteiger partial charge in [-0.2, -0.15) is 0 Å². The van der Waals surface area contributed by atoms with E-state index in [9.17, 15) is 0 Å². The molecule has 1 aliphatic rings. The Morgan fingerprint density at radius 3 is 2.53 bits per heavy atom. The summed E-state index contributed by atoms with van der Waals surface area (Å²) in [7, 11) is 2.22. The molecule has 1 aliphatic heterocycles. The van der Waals surface area contributed by atoms with E-state index in [1.165, 1.54) is 52.0 Å².